The second kappa shape index (κ2) is 8.08. The summed E-state index contributed by atoms with van der Waals surface area (Å²) in [6.45, 7) is 3.77. The van der Waals surface area contributed by atoms with Crippen molar-refractivity contribution in [3.8, 4) is 0 Å². The van der Waals surface area contributed by atoms with Gasteiger partial charge >= 0.3 is 0 Å². The number of carbonyl (C=O) groups is 3. The van der Waals surface area contributed by atoms with Crippen molar-refractivity contribution in [1.29, 1.82) is 0 Å². The van der Waals surface area contributed by atoms with Crippen LogP contribution in [0.5, 0.6) is 0 Å². The third-order valence-electron chi connectivity index (χ3n) is 5.93. The first-order chi connectivity index (χ1) is 15.9. The summed E-state index contributed by atoms with van der Waals surface area (Å²) in [5.41, 5.74) is 4.78. The number of nitrogens with zero attached hydrogens (tertiary/aromatic N) is 2. The van der Waals surface area contributed by atoms with Crippen molar-refractivity contribution in [3.63, 3.8) is 0 Å². The molecule has 5 rings (SSSR count). The number of nitrogens with one attached hydrogen (secondary N) is 1. The zero-order chi connectivity index (χ0) is 23.2. The number of fused-ring (bicyclic) bond motifs is 2. The van der Waals surface area contributed by atoms with E-state index in [1.54, 1.807) is 4.90 Å². The molecular weight excluding hydrogens is 434 g/mol. The van der Waals surface area contributed by atoms with Crippen LogP contribution in [0.2, 0.25) is 0 Å². The second-order valence-electron chi connectivity index (χ2n) is 8.33. The van der Waals surface area contributed by atoms with Crippen LogP contribution in [0.3, 0.4) is 0 Å². The van der Waals surface area contributed by atoms with E-state index in [-0.39, 0.29) is 30.0 Å². The van der Waals surface area contributed by atoms with Crippen LogP contribution in [0.1, 0.15) is 16.7 Å². The predicted molar refractivity (Wildman–Crippen MR) is 131 cm³/mol. The molecule has 1 saturated heterocycles. The quantitative estimate of drug-likeness (QED) is 0.637. The van der Waals surface area contributed by atoms with E-state index in [1.165, 1.54) is 16.7 Å². The summed E-state index contributed by atoms with van der Waals surface area (Å²) >= 11 is 1.31. The van der Waals surface area contributed by atoms with Crippen molar-refractivity contribution < 1.29 is 14.4 Å². The van der Waals surface area contributed by atoms with Gasteiger partial charge in [0.25, 0.3) is 5.91 Å². The summed E-state index contributed by atoms with van der Waals surface area (Å²) in [6.07, 6.45) is 0. The molecule has 2 aliphatic rings. The van der Waals surface area contributed by atoms with Crippen LogP contribution in [-0.4, -0.2) is 30.0 Å². The zero-order valence-electron chi connectivity index (χ0n) is 18.4. The van der Waals surface area contributed by atoms with Crippen molar-refractivity contribution >= 4 is 46.5 Å². The van der Waals surface area contributed by atoms with E-state index in [0.29, 0.717) is 17.1 Å². The Morgan fingerprint density at radius 3 is 2.45 bits per heavy atom. The van der Waals surface area contributed by atoms with E-state index in [2.05, 4.69) is 5.32 Å². The Morgan fingerprint density at radius 1 is 0.970 bits per heavy atom. The minimum absolute atomic E-state index is 0.125. The van der Waals surface area contributed by atoms with Gasteiger partial charge in [0.05, 0.1) is 11.4 Å². The first-order valence-electron chi connectivity index (χ1n) is 10.7. The van der Waals surface area contributed by atoms with Gasteiger partial charge in [-0.25, -0.2) is 0 Å². The fraction of sp³-hybridized carbons (Fsp3) is 0.192. The minimum Gasteiger partial charge on any atom is -0.325 e. The van der Waals surface area contributed by atoms with E-state index in [9.17, 15) is 14.4 Å². The van der Waals surface area contributed by atoms with Gasteiger partial charge in [0.15, 0.2) is 0 Å². The summed E-state index contributed by atoms with van der Waals surface area (Å²) in [5.74, 6) is -0.505. The Hall–Kier alpha value is -3.58. The van der Waals surface area contributed by atoms with Gasteiger partial charge in [-0.05, 0) is 55.3 Å². The van der Waals surface area contributed by atoms with Crippen LogP contribution in [0, 0.1) is 13.8 Å². The zero-order valence-corrected chi connectivity index (χ0v) is 19.2. The number of hydrogen-bond acceptors (Lipinski definition) is 4. The van der Waals surface area contributed by atoms with E-state index >= 15 is 0 Å². The largest absolute Gasteiger partial charge is 0.325 e. The molecule has 0 unspecified atom stereocenters. The van der Waals surface area contributed by atoms with Crippen molar-refractivity contribution in [3.05, 3.63) is 89.5 Å². The lowest BCUT2D eigenvalue weighted by Gasteiger charge is -2.33. The van der Waals surface area contributed by atoms with E-state index in [4.69, 9.17) is 0 Å². The average molecular weight is 458 g/mol. The molecule has 2 aliphatic heterocycles. The highest BCUT2D eigenvalue weighted by molar-refractivity contribution is 8.02. The standard InChI is InChI=1S/C26H23N3O3S/c1-17-7-5-9-19(13-17)27-23(30)15-28-22-12-4-3-11-21(22)26(25(28)32)29(24(31)16-33-26)20-10-6-8-18(2)14-20/h3-14H,15-16H2,1-2H3,(H,27,30)/t26-/m0/s1. The Kier molecular flexibility index (Phi) is 5.21. The fourth-order valence-corrected chi connectivity index (χ4v) is 5.91. The van der Waals surface area contributed by atoms with Gasteiger partial charge in [-0.15, -0.1) is 11.8 Å². The van der Waals surface area contributed by atoms with Crippen molar-refractivity contribution in [2.45, 2.75) is 18.7 Å². The van der Waals surface area contributed by atoms with Crippen LogP contribution >= 0.6 is 11.8 Å². The number of amides is 3. The molecule has 1 atom stereocenters. The van der Waals surface area contributed by atoms with Crippen LogP contribution < -0.4 is 15.1 Å². The number of hydrogen-bond donors (Lipinski definition) is 1. The molecule has 33 heavy (non-hydrogen) atoms. The minimum atomic E-state index is -1.22. The molecular formula is C26H23N3O3S. The normalized spacial score (nSPS) is 19.3. The molecule has 6 nitrogen and oxygen atoms in total. The van der Waals surface area contributed by atoms with Gasteiger partial charge in [0, 0.05) is 16.9 Å². The summed E-state index contributed by atoms with van der Waals surface area (Å²) in [4.78, 5) is 41.8. The van der Waals surface area contributed by atoms with Crippen molar-refractivity contribution in [2.75, 3.05) is 27.4 Å². The predicted octanol–water partition coefficient (Wildman–Crippen LogP) is 4.22. The summed E-state index contributed by atoms with van der Waals surface area (Å²) in [5, 5.41) is 2.88. The average Bonchev–Trinajstić information content (AvgIpc) is 3.25. The van der Waals surface area contributed by atoms with Gasteiger partial charge in [-0.1, -0.05) is 42.5 Å². The molecule has 1 fully saturated rings. The molecule has 1 N–H and O–H groups in total. The molecule has 2 heterocycles. The SMILES string of the molecule is Cc1cccc(NC(=O)CN2C(=O)[C@@]3(SCC(=O)N3c3cccc(C)c3)c3ccccc32)c1. The van der Waals surface area contributed by atoms with Crippen LogP contribution in [0.15, 0.2) is 72.8 Å². The van der Waals surface area contributed by atoms with Crippen LogP contribution in [0.25, 0.3) is 0 Å². The fourth-order valence-electron chi connectivity index (χ4n) is 4.55. The maximum absolute atomic E-state index is 14.0. The number of thioether (sulfide) groups is 1. The topological polar surface area (TPSA) is 69.7 Å². The number of anilines is 3. The Labute approximate surface area is 196 Å². The maximum atomic E-state index is 14.0. The molecule has 0 bridgehead atoms. The summed E-state index contributed by atoms with van der Waals surface area (Å²) in [6, 6.07) is 22.5. The molecule has 0 aromatic heterocycles. The van der Waals surface area contributed by atoms with Gasteiger partial charge in [-0.2, -0.15) is 0 Å². The van der Waals surface area contributed by atoms with Gasteiger partial charge < -0.3 is 5.32 Å². The highest BCUT2D eigenvalue weighted by Crippen LogP contribution is 2.55. The Bertz CT molecular complexity index is 1290. The van der Waals surface area contributed by atoms with E-state index < -0.39 is 4.87 Å². The molecule has 3 aromatic carbocycles. The Morgan fingerprint density at radius 2 is 1.70 bits per heavy atom. The summed E-state index contributed by atoms with van der Waals surface area (Å²) < 4.78 is 0. The number of aryl methyl sites for hydroxylation is 2. The third-order valence-corrected chi connectivity index (χ3v) is 7.31. The Balaban J connectivity index is 1.52. The lowest BCUT2D eigenvalue weighted by atomic mass is 10.0. The van der Waals surface area contributed by atoms with Crippen molar-refractivity contribution in [2.24, 2.45) is 0 Å². The molecule has 166 valence electrons. The molecule has 0 aliphatic carbocycles. The van der Waals surface area contributed by atoms with Crippen molar-refractivity contribution in [1.82, 2.24) is 0 Å². The lowest BCUT2D eigenvalue weighted by Crippen LogP contribution is -2.50. The number of para-hydroxylation sites is 1. The smallest absolute Gasteiger partial charge is 0.269 e. The molecule has 3 amide bonds. The monoisotopic (exact) mass is 457 g/mol. The highest BCUT2D eigenvalue weighted by Gasteiger charge is 2.61. The first-order valence-corrected chi connectivity index (χ1v) is 11.7. The van der Waals surface area contributed by atoms with E-state index in [0.717, 1.165) is 16.7 Å². The van der Waals surface area contributed by atoms with Crippen LogP contribution in [-0.2, 0) is 19.3 Å². The highest BCUT2D eigenvalue weighted by atomic mass is 32.2. The number of carbonyl (C=O) groups excluding carboxylic acids is 3. The lowest BCUT2D eigenvalue weighted by molar-refractivity contribution is -0.124. The third kappa shape index (κ3) is 3.49. The molecule has 1 spiro atoms. The summed E-state index contributed by atoms with van der Waals surface area (Å²) in [7, 11) is 0. The van der Waals surface area contributed by atoms with Gasteiger partial charge in [-0.3, -0.25) is 24.2 Å². The second-order valence-corrected chi connectivity index (χ2v) is 9.50. The molecule has 3 aromatic rings. The van der Waals surface area contributed by atoms with Crippen LogP contribution in [0.4, 0.5) is 17.1 Å². The maximum Gasteiger partial charge on any atom is 0.269 e. The van der Waals surface area contributed by atoms with E-state index in [1.807, 2.05) is 86.6 Å². The number of rotatable bonds is 4. The first kappa shape index (κ1) is 21.3. The molecule has 0 radical (unpaired) electrons. The van der Waals surface area contributed by atoms with Gasteiger partial charge in [0.2, 0.25) is 16.7 Å². The van der Waals surface area contributed by atoms with Gasteiger partial charge in [0.1, 0.15) is 6.54 Å². The molecule has 7 heteroatoms. The molecule has 0 saturated carbocycles. The number of benzene rings is 3.